The Morgan fingerprint density at radius 3 is 2.91 bits per heavy atom. The van der Waals surface area contributed by atoms with Crippen molar-refractivity contribution in [1.82, 2.24) is 9.36 Å². The fourth-order valence-electron chi connectivity index (χ4n) is 2.57. The second-order valence-corrected chi connectivity index (χ2v) is 6.13. The van der Waals surface area contributed by atoms with E-state index in [0.29, 0.717) is 25.2 Å². The Balaban J connectivity index is 1.68. The van der Waals surface area contributed by atoms with E-state index < -0.39 is 11.9 Å². The zero-order valence-corrected chi connectivity index (χ0v) is 12.7. The van der Waals surface area contributed by atoms with Crippen molar-refractivity contribution in [3.63, 3.8) is 0 Å². The molecule has 2 heterocycles. The molecule has 1 fully saturated rings. The number of aliphatic carboxylic acids is 1. The number of halogens is 1. The quantitative estimate of drug-likeness (QED) is 0.847. The molecule has 7 heteroatoms. The third kappa shape index (κ3) is 3.41. The molecule has 1 aliphatic rings. The normalized spacial score (nSPS) is 18.4. The van der Waals surface area contributed by atoms with Gasteiger partial charge in [0.15, 0.2) is 0 Å². The summed E-state index contributed by atoms with van der Waals surface area (Å²) in [6, 6.07) is 6.25. The van der Waals surface area contributed by atoms with Crippen LogP contribution < -0.4 is 10.0 Å². The number of carbonyl (C=O) groups is 1. The molecule has 0 amide bonds. The predicted molar refractivity (Wildman–Crippen MR) is 79.1 cm³/mol. The van der Waals surface area contributed by atoms with Crippen LogP contribution in [-0.4, -0.2) is 28.4 Å². The number of carboxylic acid groups (broad SMARTS) is 1. The lowest BCUT2D eigenvalue weighted by atomic mass is 9.99. The van der Waals surface area contributed by atoms with E-state index in [1.165, 1.54) is 23.7 Å². The van der Waals surface area contributed by atoms with Crippen LogP contribution in [0.15, 0.2) is 24.3 Å². The van der Waals surface area contributed by atoms with E-state index in [2.05, 4.69) is 9.36 Å². The summed E-state index contributed by atoms with van der Waals surface area (Å²) in [6.45, 7) is 1.21. The molecule has 0 saturated carbocycles. The highest BCUT2D eigenvalue weighted by molar-refractivity contribution is 7.09. The van der Waals surface area contributed by atoms with Crippen LogP contribution in [0.4, 0.5) is 9.52 Å². The minimum Gasteiger partial charge on any atom is -0.550 e. The minimum atomic E-state index is -0.999. The van der Waals surface area contributed by atoms with Crippen LogP contribution in [0.2, 0.25) is 0 Å². The average Bonchev–Trinajstić information content (AvgIpc) is 2.98. The zero-order chi connectivity index (χ0) is 15.5. The molecule has 1 aromatic heterocycles. The van der Waals surface area contributed by atoms with Crippen LogP contribution in [0, 0.1) is 11.7 Å². The number of carbonyl (C=O) groups excluding carboxylic acids is 1. The highest BCUT2D eigenvalue weighted by atomic mass is 32.1. The summed E-state index contributed by atoms with van der Waals surface area (Å²) in [5.41, 5.74) is 0.942. The van der Waals surface area contributed by atoms with E-state index in [1.54, 1.807) is 12.1 Å². The molecule has 0 unspecified atom stereocenters. The first-order valence-electron chi connectivity index (χ1n) is 7.14. The van der Waals surface area contributed by atoms with Gasteiger partial charge >= 0.3 is 0 Å². The lowest BCUT2D eigenvalue weighted by molar-refractivity contribution is -0.311. The van der Waals surface area contributed by atoms with Crippen LogP contribution in [0.5, 0.6) is 0 Å². The number of piperidine rings is 1. The lowest BCUT2D eigenvalue weighted by Gasteiger charge is -2.32. The first-order chi connectivity index (χ1) is 10.6. The Bertz CT molecular complexity index is 659. The first-order valence-corrected chi connectivity index (χ1v) is 7.92. The van der Waals surface area contributed by atoms with Gasteiger partial charge in [-0.25, -0.2) is 9.37 Å². The van der Waals surface area contributed by atoms with Gasteiger partial charge in [-0.15, -0.1) is 0 Å². The number of benzene rings is 1. The summed E-state index contributed by atoms with van der Waals surface area (Å²) in [5, 5.41) is 11.7. The molecule has 1 atom stereocenters. The molecule has 5 nitrogen and oxygen atoms in total. The van der Waals surface area contributed by atoms with E-state index in [0.717, 1.165) is 23.7 Å². The molecule has 0 radical (unpaired) electrons. The molecule has 22 heavy (non-hydrogen) atoms. The van der Waals surface area contributed by atoms with Crippen LogP contribution >= 0.6 is 11.5 Å². The van der Waals surface area contributed by atoms with Crippen molar-refractivity contribution in [3.8, 4) is 0 Å². The Hall–Kier alpha value is -2.02. The van der Waals surface area contributed by atoms with Crippen molar-refractivity contribution >= 4 is 22.6 Å². The Labute approximate surface area is 131 Å². The summed E-state index contributed by atoms with van der Waals surface area (Å²) in [5.74, 6) is -1.04. The van der Waals surface area contributed by atoms with E-state index in [9.17, 15) is 14.3 Å². The van der Waals surface area contributed by atoms with Gasteiger partial charge in [-0.1, -0.05) is 12.1 Å². The maximum atomic E-state index is 12.9. The van der Waals surface area contributed by atoms with Crippen molar-refractivity contribution in [1.29, 1.82) is 0 Å². The van der Waals surface area contributed by atoms with Crippen LogP contribution in [0.3, 0.4) is 0 Å². The van der Waals surface area contributed by atoms with Gasteiger partial charge in [0, 0.05) is 42.9 Å². The molecule has 0 aliphatic carbocycles. The molecule has 1 aliphatic heterocycles. The summed E-state index contributed by atoms with van der Waals surface area (Å²) in [7, 11) is 0. The second-order valence-electron chi connectivity index (χ2n) is 5.40. The van der Waals surface area contributed by atoms with Gasteiger partial charge in [0.05, 0.1) is 0 Å². The summed E-state index contributed by atoms with van der Waals surface area (Å²) >= 11 is 1.27. The maximum Gasteiger partial charge on any atom is 0.205 e. The molecule has 1 aromatic carbocycles. The smallest absolute Gasteiger partial charge is 0.205 e. The number of rotatable bonds is 4. The topological polar surface area (TPSA) is 69.2 Å². The molecular weight excluding hydrogens is 305 g/mol. The van der Waals surface area contributed by atoms with Gasteiger partial charge in [-0.05, 0) is 30.5 Å². The molecule has 2 aromatic rings. The fraction of sp³-hybridized carbons (Fsp3) is 0.400. The summed E-state index contributed by atoms with van der Waals surface area (Å²) < 4.78 is 17.2. The van der Waals surface area contributed by atoms with E-state index >= 15 is 0 Å². The van der Waals surface area contributed by atoms with Gasteiger partial charge in [0.1, 0.15) is 11.6 Å². The Morgan fingerprint density at radius 2 is 2.18 bits per heavy atom. The monoisotopic (exact) mass is 320 g/mol. The van der Waals surface area contributed by atoms with Gasteiger partial charge in [-0.3, -0.25) is 0 Å². The number of anilines is 1. The predicted octanol–water partition coefficient (Wildman–Crippen LogP) is 1.23. The number of hydrogen-bond donors (Lipinski definition) is 0. The van der Waals surface area contributed by atoms with Gasteiger partial charge < -0.3 is 14.8 Å². The number of nitrogens with zero attached hydrogens (tertiary/aromatic N) is 3. The van der Waals surface area contributed by atoms with Crippen LogP contribution in [0.25, 0.3) is 0 Å². The van der Waals surface area contributed by atoms with Crippen molar-refractivity contribution < 1.29 is 14.3 Å². The van der Waals surface area contributed by atoms with Gasteiger partial charge in [0.2, 0.25) is 5.13 Å². The molecular formula is C15H15FN3O2S-. The van der Waals surface area contributed by atoms with Crippen molar-refractivity contribution in [3.05, 3.63) is 41.5 Å². The highest BCUT2D eigenvalue weighted by Gasteiger charge is 2.23. The van der Waals surface area contributed by atoms with E-state index in [1.807, 2.05) is 4.90 Å². The SMILES string of the molecule is O=C([O-])[C@H]1CCCN(c2nc(Cc3ccc(F)cc3)ns2)C1. The molecule has 0 bridgehead atoms. The van der Waals surface area contributed by atoms with Gasteiger partial charge in [-0.2, -0.15) is 4.37 Å². The summed E-state index contributed by atoms with van der Waals surface area (Å²) in [6.07, 6.45) is 2.00. The third-order valence-electron chi connectivity index (χ3n) is 3.76. The first kappa shape index (κ1) is 14.9. The van der Waals surface area contributed by atoms with E-state index in [4.69, 9.17) is 0 Å². The molecule has 116 valence electrons. The van der Waals surface area contributed by atoms with Crippen molar-refractivity contribution in [2.24, 2.45) is 5.92 Å². The Morgan fingerprint density at radius 1 is 1.41 bits per heavy atom. The maximum absolute atomic E-state index is 12.9. The molecule has 3 rings (SSSR count). The molecule has 1 saturated heterocycles. The Kier molecular flexibility index (Phi) is 4.33. The highest BCUT2D eigenvalue weighted by Crippen LogP contribution is 2.25. The zero-order valence-electron chi connectivity index (χ0n) is 11.9. The van der Waals surface area contributed by atoms with Gasteiger partial charge in [0.25, 0.3) is 0 Å². The second kappa shape index (κ2) is 6.39. The van der Waals surface area contributed by atoms with Crippen molar-refractivity contribution in [2.75, 3.05) is 18.0 Å². The third-order valence-corrected chi connectivity index (χ3v) is 4.57. The average molecular weight is 320 g/mol. The van der Waals surface area contributed by atoms with Crippen molar-refractivity contribution in [2.45, 2.75) is 19.3 Å². The van der Waals surface area contributed by atoms with Crippen LogP contribution in [-0.2, 0) is 11.2 Å². The largest absolute Gasteiger partial charge is 0.550 e. The lowest BCUT2D eigenvalue weighted by Crippen LogP contribution is -2.43. The fourth-order valence-corrected chi connectivity index (χ4v) is 3.29. The molecule has 0 N–H and O–H groups in total. The number of hydrogen-bond acceptors (Lipinski definition) is 6. The van der Waals surface area contributed by atoms with E-state index in [-0.39, 0.29) is 5.82 Å². The summed E-state index contributed by atoms with van der Waals surface area (Å²) in [4.78, 5) is 17.4. The number of carboxylic acids is 1. The minimum absolute atomic E-state index is 0.266. The standard InChI is InChI=1S/C15H16FN3O2S/c16-12-5-3-10(4-6-12)8-13-17-15(22-18-13)19-7-1-2-11(9-19)14(20)21/h3-6,11H,1-2,7-9H2,(H,20,21)/p-1/t11-/m0/s1. The van der Waals surface area contributed by atoms with Crippen LogP contribution in [0.1, 0.15) is 24.2 Å². The number of aromatic nitrogens is 2. The molecule has 0 spiro atoms.